The summed E-state index contributed by atoms with van der Waals surface area (Å²) < 4.78 is 12.7. The maximum Gasteiger partial charge on any atom is 0.161 e. The van der Waals surface area contributed by atoms with E-state index in [9.17, 15) is 4.55 Å². The zero-order valence-electron chi connectivity index (χ0n) is 11.7. The molecule has 110 valence electrons. The van der Waals surface area contributed by atoms with Crippen LogP contribution in [0.3, 0.4) is 0 Å². The Balaban J connectivity index is 1.98. The van der Waals surface area contributed by atoms with Crippen LogP contribution in [0.4, 0.5) is 0 Å². The van der Waals surface area contributed by atoms with E-state index in [1.807, 2.05) is 36.4 Å². The molecule has 0 unspecified atom stereocenters. The van der Waals surface area contributed by atoms with Gasteiger partial charge in [0, 0.05) is 41.9 Å². The molecule has 0 aliphatic carbocycles. The van der Waals surface area contributed by atoms with Crippen LogP contribution in [0.1, 0.15) is 22.3 Å². The Morgan fingerprint density at radius 1 is 0.857 bits per heavy atom. The first-order valence-corrected chi connectivity index (χ1v) is 8.25. The highest BCUT2D eigenvalue weighted by molar-refractivity contribution is 7.91. The highest BCUT2D eigenvalue weighted by atomic mass is 32.2. The van der Waals surface area contributed by atoms with Crippen molar-refractivity contribution in [3.05, 3.63) is 58.7 Å². The van der Waals surface area contributed by atoms with E-state index in [4.69, 9.17) is 10.2 Å². The summed E-state index contributed by atoms with van der Waals surface area (Å²) in [5.41, 5.74) is 4.30. The van der Waals surface area contributed by atoms with Gasteiger partial charge in [-0.15, -0.1) is 0 Å². The van der Waals surface area contributed by atoms with Gasteiger partial charge in [0.15, 0.2) is 9.79 Å². The van der Waals surface area contributed by atoms with Gasteiger partial charge in [0.2, 0.25) is 0 Å². The highest BCUT2D eigenvalue weighted by Gasteiger charge is 2.28. The second kappa shape index (κ2) is 6.20. The highest BCUT2D eigenvalue weighted by Crippen LogP contribution is 2.35. The number of rotatable bonds is 4. The molecule has 0 bridgehead atoms. The standard InChI is InChI=1S/C17H18O3S/c18-7-5-12-1-3-16-14(9-12)11-15-10-13(6-8-19)2-4-17(15)21(16)20/h1-4,9-10,18-19H,5-8,11H2. The predicted molar refractivity (Wildman–Crippen MR) is 81.9 cm³/mol. The minimum Gasteiger partial charge on any atom is -0.606 e. The third-order valence-corrected chi connectivity index (χ3v) is 5.43. The molecule has 0 spiro atoms. The predicted octanol–water partition coefficient (Wildman–Crippen LogP) is 1.83. The van der Waals surface area contributed by atoms with Gasteiger partial charge in [0.05, 0.1) is 0 Å². The van der Waals surface area contributed by atoms with E-state index in [-0.39, 0.29) is 13.2 Å². The largest absolute Gasteiger partial charge is 0.606 e. The lowest BCUT2D eigenvalue weighted by Crippen LogP contribution is -2.15. The SMILES string of the molecule is [O-][S+]1c2ccc(CCO)cc2Cc2cc(CCO)ccc21. The topological polar surface area (TPSA) is 63.5 Å². The summed E-state index contributed by atoms with van der Waals surface area (Å²) in [5, 5.41) is 18.1. The summed E-state index contributed by atoms with van der Waals surface area (Å²) in [6.45, 7) is 0.248. The quantitative estimate of drug-likeness (QED) is 0.847. The van der Waals surface area contributed by atoms with Crippen LogP contribution in [0.25, 0.3) is 0 Å². The summed E-state index contributed by atoms with van der Waals surface area (Å²) >= 11 is -1.14. The van der Waals surface area contributed by atoms with Gasteiger partial charge in [-0.3, -0.25) is 0 Å². The lowest BCUT2D eigenvalue weighted by atomic mass is 9.99. The number of fused-ring (bicyclic) bond motifs is 2. The molecule has 0 fully saturated rings. The van der Waals surface area contributed by atoms with Crippen molar-refractivity contribution in [3.63, 3.8) is 0 Å². The number of hydrogen-bond donors (Lipinski definition) is 2. The van der Waals surface area contributed by atoms with Crippen molar-refractivity contribution in [1.29, 1.82) is 0 Å². The van der Waals surface area contributed by atoms with Gasteiger partial charge in [-0.1, -0.05) is 24.3 Å². The average molecular weight is 302 g/mol. The second-order valence-electron chi connectivity index (χ2n) is 5.28. The minimum atomic E-state index is -1.14. The van der Waals surface area contributed by atoms with Crippen LogP contribution in [0.2, 0.25) is 0 Å². The lowest BCUT2D eigenvalue weighted by Gasteiger charge is -2.22. The van der Waals surface area contributed by atoms with Gasteiger partial charge in [-0.05, 0) is 36.1 Å². The van der Waals surface area contributed by atoms with Crippen molar-refractivity contribution < 1.29 is 14.8 Å². The van der Waals surface area contributed by atoms with Crippen LogP contribution >= 0.6 is 0 Å². The van der Waals surface area contributed by atoms with Crippen LogP contribution in [-0.4, -0.2) is 28.0 Å². The molecule has 2 aromatic rings. The van der Waals surface area contributed by atoms with Gasteiger partial charge in [-0.2, -0.15) is 0 Å². The molecule has 3 rings (SSSR count). The Morgan fingerprint density at radius 3 is 1.76 bits per heavy atom. The Kier molecular flexibility index (Phi) is 4.31. The summed E-state index contributed by atoms with van der Waals surface area (Å²) in [7, 11) is 0. The van der Waals surface area contributed by atoms with Crippen LogP contribution < -0.4 is 0 Å². The zero-order valence-corrected chi connectivity index (χ0v) is 12.5. The molecule has 21 heavy (non-hydrogen) atoms. The number of aliphatic hydroxyl groups is 2. The fraction of sp³-hybridized carbons (Fsp3) is 0.294. The van der Waals surface area contributed by atoms with Crippen molar-refractivity contribution in [2.45, 2.75) is 29.1 Å². The van der Waals surface area contributed by atoms with Crippen molar-refractivity contribution in [2.75, 3.05) is 13.2 Å². The first kappa shape index (κ1) is 14.6. The third kappa shape index (κ3) is 2.85. The number of benzene rings is 2. The average Bonchev–Trinajstić information content (AvgIpc) is 2.48. The summed E-state index contributed by atoms with van der Waals surface area (Å²) in [6, 6.07) is 11.8. The Labute approximate surface area is 127 Å². The van der Waals surface area contributed by atoms with Crippen LogP contribution in [0.15, 0.2) is 46.2 Å². The fourth-order valence-electron chi connectivity index (χ4n) is 2.80. The van der Waals surface area contributed by atoms with Crippen LogP contribution in [-0.2, 0) is 30.4 Å². The van der Waals surface area contributed by atoms with Crippen LogP contribution in [0.5, 0.6) is 0 Å². The summed E-state index contributed by atoms with van der Waals surface area (Å²) in [5.74, 6) is 0. The van der Waals surface area contributed by atoms with E-state index in [0.717, 1.165) is 38.5 Å². The van der Waals surface area contributed by atoms with E-state index >= 15 is 0 Å². The summed E-state index contributed by atoms with van der Waals surface area (Å²) in [6.07, 6.45) is 2.00. The Morgan fingerprint density at radius 2 is 1.33 bits per heavy atom. The molecule has 0 aromatic heterocycles. The van der Waals surface area contributed by atoms with E-state index in [1.54, 1.807) is 0 Å². The molecular formula is C17H18O3S. The van der Waals surface area contributed by atoms with E-state index in [2.05, 4.69) is 0 Å². The maximum absolute atomic E-state index is 12.7. The molecule has 3 nitrogen and oxygen atoms in total. The van der Waals surface area contributed by atoms with Gasteiger partial charge in [0.1, 0.15) is 0 Å². The smallest absolute Gasteiger partial charge is 0.161 e. The van der Waals surface area contributed by atoms with E-state index in [0.29, 0.717) is 12.8 Å². The lowest BCUT2D eigenvalue weighted by molar-refractivity contribution is 0.299. The normalized spacial score (nSPS) is 13.9. The van der Waals surface area contributed by atoms with Gasteiger partial charge in [0.25, 0.3) is 0 Å². The number of aliphatic hydroxyl groups excluding tert-OH is 2. The molecule has 1 heterocycles. The minimum absolute atomic E-state index is 0.124. The van der Waals surface area contributed by atoms with Gasteiger partial charge in [-0.25, -0.2) is 0 Å². The first-order valence-electron chi connectivity index (χ1n) is 7.10. The molecule has 2 aromatic carbocycles. The molecule has 0 radical (unpaired) electrons. The van der Waals surface area contributed by atoms with E-state index in [1.165, 1.54) is 0 Å². The fourth-order valence-corrected chi connectivity index (χ4v) is 4.16. The molecule has 0 amide bonds. The van der Waals surface area contributed by atoms with Gasteiger partial charge < -0.3 is 14.8 Å². The summed E-state index contributed by atoms with van der Waals surface area (Å²) in [4.78, 5) is 1.75. The van der Waals surface area contributed by atoms with Crippen molar-refractivity contribution in [3.8, 4) is 0 Å². The molecular weight excluding hydrogens is 284 g/mol. The molecule has 1 aliphatic heterocycles. The van der Waals surface area contributed by atoms with Crippen molar-refractivity contribution in [2.24, 2.45) is 0 Å². The second-order valence-corrected chi connectivity index (χ2v) is 6.69. The van der Waals surface area contributed by atoms with Gasteiger partial charge >= 0.3 is 0 Å². The zero-order chi connectivity index (χ0) is 14.8. The molecule has 1 aliphatic rings. The van der Waals surface area contributed by atoms with Crippen molar-refractivity contribution >= 4 is 11.2 Å². The molecule has 0 saturated heterocycles. The Hall–Kier alpha value is -1.33. The van der Waals surface area contributed by atoms with Crippen LogP contribution in [0, 0.1) is 0 Å². The first-order chi connectivity index (χ1) is 10.2. The molecule has 2 N–H and O–H groups in total. The molecule has 0 saturated carbocycles. The monoisotopic (exact) mass is 302 g/mol. The third-order valence-electron chi connectivity index (χ3n) is 3.83. The molecule has 4 heteroatoms. The van der Waals surface area contributed by atoms with Crippen molar-refractivity contribution in [1.82, 2.24) is 0 Å². The Bertz CT molecular complexity index is 599. The maximum atomic E-state index is 12.7. The van der Waals surface area contributed by atoms with E-state index < -0.39 is 11.2 Å². The molecule has 0 atom stereocenters. The number of hydrogen-bond acceptors (Lipinski definition) is 3.